The van der Waals surface area contributed by atoms with Gasteiger partial charge in [0.15, 0.2) is 11.5 Å². The summed E-state index contributed by atoms with van der Waals surface area (Å²) in [6, 6.07) is 4.02. The number of amides is 2. The van der Waals surface area contributed by atoms with Crippen molar-refractivity contribution in [1.82, 2.24) is 10.2 Å². The summed E-state index contributed by atoms with van der Waals surface area (Å²) in [4.78, 5) is 14.1. The molecule has 2 amide bonds. The fourth-order valence-corrected chi connectivity index (χ4v) is 2.52. The maximum absolute atomic E-state index is 12.2. The lowest BCUT2D eigenvalue weighted by atomic mass is 9.99. The zero-order valence-electron chi connectivity index (χ0n) is 12.2. The topological polar surface area (TPSA) is 50.8 Å². The minimum absolute atomic E-state index is 0.0131. The molecule has 108 valence electrons. The molecule has 5 nitrogen and oxygen atoms in total. The summed E-state index contributed by atoms with van der Waals surface area (Å²) in [6.07, 6.45) is 0.851. The van der Waals surface area contributed by atoms with E-state index in [1.165, 1.54) is 5.56 Å². The molecule has 2 aliphatic heterocycles. The highest BCUT2D eigenvalue weighted by atomic mass is 16.7. The standard InChI is InChI=1S/C15H20N2O3/c1-15(2,3)16-14(18)17-5-4-10-6-12-13(20-9-19-12)7-11(10)8-17/h6-7H,4-5,8-9H2,1-3H3,(H,16,18). The molecular weight excluding hydrogens is 256 g/mol. The predicted octanol–water partition coefficient (Wildman–Crippen LogP) is 2.28. The van der Waals surface area contributed by atoms with Gasteiger partial charge in [-0.3, -0.25) is 0 Å². The van der Waals surface area contributed by atoms with Crippen LogP contribution in [0, 0.1) is 0 Å². The minimum atomic E-state index is -0.216. The first-order valence-corrected chi connectivity index (χ1v) is 6.91. The van der Waals surface area contributed by atoms with Gasteiger partial charge in [-0.2, -0.15) is 0 Å². The van der Waals surface area contributed by atoms with E-state index in [9.17, 15) is 4.79 Å². The van der Waals surface area contributed by atoms with E-state index in [0.29, 0.717) is 6.54 Å². The van der Waals surface area contributed by atoms with Crippen LogP contribution in [0.2, 0.25) is 0 Å². The van der Waals surface area contributed by atoms with Crippen molar-refractivity contribution >= 4 is 6.03 Å². The highest BCUT2D eigenvalue weighted by Gasteiger charge is 2.26. The van der Waals surface area contributed by atoms with Gasteiger partial charge in [-0.1, -0.05) is 0 Å². The first-order chi connectivity index (χ1) is 9.42. The second-order valence-electron chi connectivity index (χ2n) is 6.33. The van der Waals surface area contributed by atoms with Gasteiger partial charge in [0.25, 0.3) is 0 Å². The molecule has 0 unspecified atom stereocenters. The molecule has 0 aromatic heterocycles. The molecule has 0 fully saturated rings. The molecule has 0 spiro atoms. The molecule has 0 aliphatic carbocycles. The first kappa shape index (κ1) is 13.1. The number of benzene rings is 1. The summed E-state index contributed by atoms with van der Waals surface area (Å²) in [5, 5.41) is 3.00. The van der Waals surface area contributed by atoms with E-state index >= 15 is 0 Å². The average molecular weight is 276 g/mol. The Hall–Kier alpha value is -1.91. The van der Waals surface area contributed by atoms with Crippen LogP contribution in [-0.2, 0) is 13.0 Å². The smallest absolute Gasteiger partial charge is 0.318 e. The van der Waals surface area contributed by atoms with Gasteiger partial charge in [0.2, 0.25) is 6.79 Å². The van der Waals surface area contributed by atoms with Gasteiger partial charge in [-0.05, 0) is 50.5 Å². The summed E-state index contributed by atoms with van der Waals surface area (Å²) in [6.45, 7) is 7.59. The highest BCUT2D eigenvalue weighted by molar-refractivity contribution is 5.75. The maximum Gasteiger partial charge on any atom is 0.318 e. The molecule has 2 aliphatic rings. The van der Waals surface area contributed by atoms with Crippen LogP contribution < -0.4 is 14.8 Å². The van der Waals surface area contributed by atoms with Crippen LogP contribution in [-0.4, -0.2) is 29.8 Å². The summed E-state index contributed by atoms with van der Waals surface area (Å²) in [5.74, 6) is 1.60. The highest BCUT2D eigenvalue weighted by Crippen LogP contribution is 2.36. The molecule has 20 heavy (non-hydrogen) atoms. The molecule has 5 heteroatoms. The van der Waals surface area contributed by atoms with Gasteiger partial charge in [0, 0.05) is 18.6 Å². The molecular formula is C15H20N2O3. The molecule has 0 radical (unpaired) electrons. The molecule has 1 aromatic rings. The van der Waals surface area contributed by atoms with Crippen molar-refractivity contribution < 1.29 is 14.3 Å². The van der Waals surface area contributed by atoms with Gasteiger partial charge in [0.05, 0.1) is 0 Å². The van der Waals surface area contributed by atoms with E-state index in [1.54, 1.807) is 0 Å². The van der Waals surface area contributed by atoms with Crippen molar-refractivity contribution in [3.63, 3.8) is 0 Å². The molecule has 2 heterocycles. The number of carbonyl (C=O) groups excluding carboxylic acids is 1. The second kappa shape index (κ2) is 4.58. The number of nitrogens with one attached hydrogen (secondary N) is 1. The largest absolute Gasteiger partial charge is 0.454 e. The van der Waals surface area contributed by atoms with Crippen LogP contribution in [0.1, 0.15) is 31.9 Å². The number of ether oxygens (including phenoxy) is 2. The first-order valence-electron chi connectivity index (χ1n) is 6.91. The van der Waals surface area contributed by atoms with Crippen molar-refractivity contribution in [2.45, 2.75) is 39.3 Å². The summed E-state index contributed by atoms with van der Waals surface area (Å²) in [5.41, 5.74) is 2.17. The molecule has 0 saturated heterocycles. The number of carbonyl (C=O) groups is 1. The second-order valence-corrected chi connectivity index (χ2v) is 6.33. The molecule has 3 rings (SSSR count). The van der Waals surface area contributed by atoms with Crippen LogP contribution in [0.15, 0.2) is 12.1 Å². The Morgan fingerprint density at radius 3 is 2.50 bits per heavy atom. The Morgan fingerprint density at radius 2 is 1.85 bits per heavy atom. The Kier molecular flexibility index (Phi) is 3.00. The van der Waals surface area contributed by atoms with Crippen LogP contribution in [0.5, 0.6) is 11.5 Å². The van der Waals surface area contributed by atoms with Gasteiger partial charge in [0.1, 0.15) is 0 Å². The van der Waals surface area contributed by atoms with E-state index in [0.717, 1.165) is 30.0 Å². The monoisotopic (exact) mass is 276 g/mol. The molecule has 0 atom stereocenters. The fourth-order valence-electron chi connectivity index (χ4n) is 2.52. The number of nitrogens with zero attached hydrogens (tertiary/aromatic N) is 1. The molecule has 0 saturated carbocycles. The zero-order valence-corrected chi connectivity index (χ0v) is 12.2. The maximum atomic E-state index is 12.2. The predicted molar refractivity (Wildman–Crippen MR) is 75.0 cm³/mol. The molecule has 0 bridgehead atoms. The average Bonchev–Trinajstić information content (AvgIpc) is 2.80. The molecule has 1 aromatic carbocycles. The third-order valence-electron chi connectivity index (χ3n) is 3.48. The third kappa shape index (κ3) is 2.53. The normalized spacial score (nSPS) is 16.9. The van der Waals surface area contributed by atoms with Crippen molar-refractivity contribution in [2.75, 3.05) is 13.3 Å². The minimum Gasteiger partial charge on any atom is -0.454 e. The van der Waals surface area contributed by atoms with Crippen LogP contribution in [0.3, 0.4) is 0 Å². The lowest BCUT2D eigenvalue weighted by Crippen LogP contribution is -2.49. The van der Waals surface area contributed by atoms with Crippen molar-refractivity contribution in [2.24, 2.45) is 0 Å². The van der Waals surface area contributed by atoms with E-state index in [-0.39, 0.29) is 18.4 Å². The summed E-state index contributed by atoms with van der Waals surface area (Å²) >= 11 is 0. The van der Waals surface area contributed by atoms with E-state index in [2.05, 4.69) is 5.32 Å². The lowest BCUT2D eigenvalue weighted by molar-refractivity contribution is 0.173. The van der Waals surface area contributed by atoms with Crippen LogP contribution in [0.25, 0.3) is 0 Å². The zero-order chi connectivity index (χ0) is 14.3. The quantitative estimate of drug-likeness (QED) is 0.791. The van der Waals surface area contributed by atoms with Gasteiger partial charge < -0.3 is 19.7 Å². The summed E-state index contributed by atoms with van der Waals surface area (Å²) in [7, 11) is 0. The van der Waals surface area contributed by atoms with E-state index in [1.807, 2.05) is 37.8 Å². The van der Waals surface area contributed by atoms with E-state index in [4.69, 9.17) is 9.47 Å². The Balaban J connectivity index is 1.77. The SMILES string of the molecule is CC(C)(C)NC(=O)N1CCc2cc3c(cc2C1)OCO3. The number of fused-ring (bicyclic) bond motifs is 2. The molecule has 1 N–H and O–H groups in total. The van der Waals surface area contributed by atoms with Crippen molar-refractivity contribution in [3.8, 4) is 11.5 Å². The van der Waals surface area contributed by atoms with E-state index < -0.39 is 0 Å². The van der Waals surface area contributed by atoms with Crippen LogP contribution in [0.4, 0.5) is 4.79 Å². The van der Waals surface area contributed by atoms with Crippen molar-refractivity contribution in [3.05, 3.63) is 23.3 Å². The number of hydrogen-bond acceptors (Lipinski definition) is 3. The van der Waals surface area contributed by atoms with Gasteiger partial charge in [-0.15, -0.1) is 0 Å². The Bertz CT molecular complexity index is 549. The van der Waals surface area contributed by atoms with Gasteiger partial charge in [-0.25, -0.2) is 4.79 Å². The number of hydrogen-bond donors (Lipinski definition) is 1. The van der Waals surface area contributed by atoms with Gasteiger partial charge >= 0.3 is 6.03 Å². The fraction of sp³-hybridized carbons (Fsp3) is 0.533. The van der Waals surface area contributed by atoms with Crippen LogP contribution >= 0.6 is 0 Å². The summed E-state index contributed by atoms with van der Waals surface area (Å²) < 4.78 is 10.8. The third-order valence-corrected chi connectivity index (χ3v) is 3.48. The number of urea groups is 1. The lowest BCUT2D eigenvalue weighted by Gasteiger charge is -2.32. The Labute approximate surface area is 118 Å². The number of rotatable bonds is 0. The Morgan fingerprint density at radius 1 is 1.20 bits per heavy atom. The van der Waals surface area contributed by atoms with Crippen molar-refractivity contribution in [1.29, 1.82) is 0 Å².